The Balaban J connectivity index is 1.29. The van der Waals surface area contributed by atoms with Gasteiger partial charge in [-0.15, -0.1) is 0 Å². The van der Waals surface area contributed by atoms with Gasteiger partial charge in [0.05, 0.1) is 36.7 Å². The van der Waals surface area contributed by atoms with Crippen LogP contribution in [-0.2, 0) is 16.6 Å². The molecule has 2 aromatic rings. The summed E-state index contributed by atoms with van der Waals surface area (Å²) in [7, 11) is 3.53. The number of nitrogens with zero attached hydrogens (tertiary/aromatic N) is 2. The highest BCUT2D eigenvalue weighted by Gasteiger charge is 2.73. The van der Waals surface area contributed by atoms with Crippen molar-refractivity contribution in [3.05, 3.63) is 53.5 Å². The summed E-state index contributed by atoms with van der Waals surface area (Å²) in [5.74, 6) is 2.18. The lowest BCUT2D eigenvalue weighted by molar-refractivity contribution is -0.200. The second-order valence-corrected chi connectivity index (χ2v) is 11.4. The molecule has 3 aliphatic carbocycles. The van der Waals surface area contributed by atoms with Gasteiger partial charge in [0.15, 0.2) is 11.5 Å². The number of furan rings is 1. The number of aliphatic hydroxyl groups is 1. The number of rotatable bonds is 6. The fourth-order valence-corrected chi connectivity index (χ4v) is 7.82. The summed E-state index contributed by atoms with van der Waals surface area (Å²) in [6, 6.07) is 5.93. The Morgan fingerprint density at radius 3 is 2.89 bits per heavy atom. The van der Waals surface area contributed by atoms with Crippen molar-refractivity contribution in [2.45, 2.75) is 67.7 Å². The van der Waals surface area contributed by atoms with E-state index in [4.69, 9.17) is 13.9 Å². The van der Waals surface area contributed by atoms with Crippen molar-refractivity contribution < 1.29 is 23.8 Å². The monoisotopic (exact) mass is 490 g/mol. The second kappa shape index (κ2) is 7.86. The van der Waals surface area contributed by atoms with Crippen molar-refractivity contribution in [2.24, 2.45) is 5.92 Å². The van der Waals surface area contributed by atoms with E-state index in [1.165, 1.54) is 18.4 Å². The van der Waals surface area contributed by atoms with Crippen molar-refractivity contribution in [3.8, 4) is 11.5 Å². The summed E-state index contributed by atoms with van der Waals surface area (Å²) in [5, 5.41) is 12.7. The first-order valence-electron chi connectivity index (χ1n) is 13.3. The average molecular weight is 491 g/mol. The molecular formula is C29H34N2O5. The maximum absolute atomic E-state index is 13.3. The SMILES string of the molecule is COc1ccc2c3c1OC1C(N(C)C(=O)/C=C/c4ccoc4)CCC4(O)[C@H](C2)N(CC2CC2)CC[C@]314. The molecule has 36 heavy (non-hydrogen) atoms. The number of amides is 1. The van der Waals surface area contributed by atoms with E-state index in [9.17, 15) is 9.90 Å². The van der Waals surface area contributed by atoms with E-state index in [0.29, 0.717) is 18.6 Å². The Kier molecular flexibility index (Phi) is 4.90. The molecule has 1 aromatic carbocycles. The normalized spacial score (nSPS) is 34.4. The summed E-state index contributed by atoms with van der Waals surface area (Å²) in [6.07, 6.45) is 11.9. The second-order valence-electron chi connectivity index (χ2n) is 11.4. The maximum atomic E-state index is 13.3. The van der Waals surface area contributed by atoms with E-state index in [1.807, 2.05) is 24.1 Å². The van der Waals surface area contributed by atoms with E-state index >= 15 is 0 Å². The number of carbonyl (C=O) groups excluding carboxylic acids is 1. The predicted molar refractivity (Wildman–Crippen MR) is 134 cm³/mol. The number of likely N-dealkylation sites (N-methyl/N-ethyl adjacent to an activating group) is 1. The summed E-state index contributed by atoms with van der Waals surface area (Å²) in [6.45, 7) is 2.03. The molecule has 5 atom stereocenters. The van der Waals surface area contributed by atoms with Crippen LogP contribution < -0.4 is 9.47 Å². The molecule has 2 bridgehead atoms. The van der Waals surface area contributed by atoms with Gasteiger partial charge in [-0.2, -0.15) is 0 Å². The van der Waals surface area contributed by atoms with Gasteiger partial charge in [0.2, 0.25) is 5.91 Å². The third-order valence-corrected chi connectivity index (χ3v) is 9.74. The molecule has 7 rings (SSSR count). The minimum Gasteiger partial charge on any atom is -0.493 e. The van der Waals surface area contributed by atoms with Gasteiger partial charge in [-0.25, -0.2) is 0 Å². The van der Waals surface area contributed by atoms with Gasteiger partial charge in [-0.3, -0.25) is 9.69 Å². The van der Waals surface area contributed by atoms with Crippen molar-refractivity contribution in [1.29, 1.82) is 0 Å². The molecule has 1 aromatic heterocycles. The standard InChI is InChI=1S/C29H34N2O5/c1-30(24(32)8-5-19-10-14-35-17-19)21-9-11-29(33)23-15-20-6-7-22(34-2)26-25(20)28(29,27(21)36-26)12-13-31(23)16-18-3-4-18/h5-8,10,14,17-18,21,23,27,33H,3-4,9,11-13,15-16H2,1-2H3/b8-5+/t21?,23-,27?,28-,29?/m0/s1. The minimum absolute atomic E-state index is 0.0756. The van der Waals surface area contributed by atoms with E-state index in [0.717, 1.165) is 48.7 Å². The molecule has 2 saturated carbocycles. The van der Waals surface area contributed by atoms with Crippen molar-refractivity contribution in [2.75, 3.05) is 27.2 Å². The largest absolute Gasteiger partial charge is 0.493 e. The van der Waals surface area contributed by atoms with E-state index < -0.39 is 11.0 Å². The third kappa shape index (κ3) is 2.96. The zero-order chi connectivity index (χ0) is 24.7. The van der Waals surface area contributed by atoms with Crippen LogP contribution in [0.15, 0.2) is 41.2 Å². The molecule has 3 heterocycles. The molecular weight excluding hydrogens is 456 g/mol. The quantitative estimate of drug-likeness (QED) is 0.626. The Hall–Kier alpha value is -2.77. The Bertz CT molecular complexity index is 1220. The first-order valence-corrected chi connectivity index (χ1v) is 13.3. The van der Waals surface area contributed by atoms with Crippen LogP contribution >= 0.6 is 0 Å². The zero-order valence-corrected chi connectivity index (χ0v) is 21.0. The number of hydrogen-bond acceptors (Lipinski definition) is 6. The predicted octanol–water partition coefficient (Wildman–Crippen LogP) is 3.39. The fourth-order valence-electron chi connectivity index (χ4n) is 7.82. The number of carbonyl (C=O) groups is 1. The highest BCUT2D eigenvalue weighted by molar-refractivity contribution is 5.92. The molecule has 7 nitrogen and oxygen atoms in total. The number of benzene rings is 1. The molecule has 0 radical (unpaired) electrons. The van der Waals surface area contributed by atoms with Crippen LogP contribution in [-0.4, -0.2) is 71.8 Å². The number of ether oxygens (including phenoxy) is 2. The molecule has 1 amide bonds. The molecule has 1 spiro atoms. The zero-order valence-electron chi connectivity index (χ0n) is 21.0. The van der Waals surface area contributed by atoms with E-state index in [1.54, 1.807) is 31.8 Å². The van der Waals surface area contributed by atoms with Gasteiger partial charge in [0.1, 0.15) is 6.10 Å². The number of hydrogen-bond donors (Lipinski definition) is 1. The van der Waals surface area contributed by atoms with Crippen LogP contribution in [0, 0.1) is 5.92 Å². The average Bonchev–Trinajstić information content (AvgIpc) is 3.40. The third-order valence-electron chi connectivity index (χ3n) is 9.74. The molecule has 2 aliphatic heterocycles. The molecule has 1 saturated heterocycles. The molecule has 1 N–H and O–H groups in total. The molecule has 3 unspecified atom stereocenters. The van der Waals surface area contributed by atoms with Crippen LogP contribution in [0.5, 0.6) is 11.5 Å². The number of piperidine rings is 1. The van der Waals surface area contributed by atoms with Gasteiger partial charge < -0.3 is 23.9 Å². The van der Waals surface area contributed by atoms with E-state index in [2.05, 4.69) is 11.0 Å². The molecule has 190 valence electrons. The van der Waals surface area contributed by atoms with Crippen LogP contribution in [0.3, 0.4) is 0 Å². The van der Waals surface area contributed by atoms with Crippen LogP contribution in [0.1, 0.15) is 48.8 Å². The highest BCUT2D eigenvalue weighted by atomic mass is 16.5. The summed E-state index contributed by atoms with van der Waals surface area (Å²) >= 11 is 0. The molecule has 7 heteroatoms. The highest BCUT2D eigenvalue weighted by Crippen LogP contribution is 2.66. The van der Waals surface area contributed by atoms with Crippen molar-refractivity contribution in [1.82, 2.24) is 9.80 Å². The van der Waals surface area contributed by atoms with Gasteiger partial charge in [0.25, 0.3) is 0 Å². The Labute approximate surface area is 211 Å². The van der Waals surface area contributed by atoms with Gasteiger partial charge in [0, 0.05) is 36.8 Å². The minimum atomic E-state index is -0.886. The summed E-state index contributed by atoms with van der Waals surface area (Å²) in [4.78, 5) is 17.6. The van der Waals surface area contributed by atoms with Crippen LogP contribution in [0.25, 0.3) is 6.08 Å². The lowest BCUT2D eigenvalue weighted by atomic mass is 9.48. The fraction of sp³-hybridized carbons (Fsp3) is 0.552. The Morgan fingerprint density at radius 1 is 1.28 bits per heavy atom. The first-order chi connectivity index (χ1) is 17.5. The van der Waals surface area contributed by atoms with Gasteiger partial charge >= 0.3 is 0 Å². The lowest BCUT2D eigenvalue weighted by Gasteiger charge is -2.64. The van der Waals surface area contributed by atoms with E-state index in [-0.39, 0.29) is 24.1 Å². The van der Waals surface area contributed by atoms with Crippen molar-refractivity contribution >= 4 is 12.0 Å². The van der Waals surface area contributed by atoms with Crippen LogP contribution in [0.2, 0.25) is 0 Å². The lowest BCUT2D eigenvalue weighted by Crippen LogP contribution is -2.78. The topological polar surface area (TPSA) is 75.4 Å². The molecule has 3 fully saturated rings. The first kappa shape index (κ1) is 22.4. The Morgan fingerprint density at radius 2 is 2.14 bits per heavy atom. The van der Waals surface area contributed by atoms with Crippen LogP contribution in [0.4, 0.5) is 0 Å². The smallest absolute Gasteiger partial charge is 0.246 e. The van der Waals surface area contributed by atoms with Gasteiger partial charge in [-0.1, -0.05) is 6.07 Å². The summed E-state index contributed by atoms with van der Waals surface area (Å²) in [5.41, 5.74) is 1.82. The maximum Gasteiger partial charge on any atom is 0.246 e. The number of methoxy groups -OCH3 is 1. The van der Waals surface area contributed by atoms with Crippen molar-refractivity contribution in [3.63, 3.8) is 0 Å². The molecule has 5 aliphatic rings. The summed E-state index contributed by atoms with van der Waals surface area (Å²) < 4.78 is 17.6. The number of likely N-dealkylation sites (tertiary alicyclic amines) is 1. The van der Waals surface area contributed by atoms with Gasteiger partial charge in [-0.05, 0) is 74.8 Å².